The van der Waals surface area contributed by atoms with Crippen LogP contribution in [0.15, 0.2) is 461 Å². The molecular formula is C135H94. The van der Waals surface area contributed by atoms with Crippen molar-refractivity contribution in [1.29, 1.82) is 0 Å². The van der Waals surface area contributed by atoms with Crippen LogP contribution in [0, 0.1) is 0 Å². The molecule has 3 aliphatic carbocycles. The standard InChI is InChI=1S/C49H34.2C43H30/c1-49(2)45-25-24-33-14-6-9-17-40(33)47(45)48-42-19-11-10-18-41(42)44(30-46(48)49)43-29-38(28-36-15-7-8-16-39(36)43)35-23-21-32-20-22-34(26-37(32)27-35)31-12-4-3-5-13-31;1-43(2)39-22-21-28-10-5-6-12-35(28)41(39)42-37-14-8-7-13-36(37)38(26-40(42)43)34-20-19-32-24-31(17-18-33(32)25-34)30-16-15-27-9-3-4-11-29(27)23-30;1-43(2)40-25-30-12-6-5-11-29(30)24-39(40)42-37-14-8-7-13-36(37)38(26-41(42)43)35-20-19-33-22-32(17-18-34(33)23-35)31-16-15-27-9-3-4-10-28(27)21-31/h3-30H,1-2H3;2*3-26H,1-2H3. The van der Waals surface area contributed by atoms with E-state index in [0.29, 0.717) is 0 Å². The van der Waals surface area contributed by atoms with Gasteiger partial charge in [-0.3, -0.25) is 0 Å². The Balaban J connectivity index is 0.000000106. The molecule has 0 fully saturated rings. The Morgan fingerprint density at radius 3 is 0.830 bits per heavy atom. The van der Waals surface area contributed by atoms with Crippen molar-refractivity contribution in [3.05, 3.63) is 494 Å². The van der Waals surface area contributed by atoms with Crippen LogP contribution in [-0.2, 0) is 16.2 Å². The highest BCUT2D eigenvalue weighted by Crippen LogP contribution is 2.60. The third-order valence-corrected chi connectivity index (χ3v) is 30.6. The molecule has 25 aromatic carbocycles. The van der Waals surface area contributed by atoms with Crippen LogP contribution < -0.4 is 0 Å². The second-order valence-corrected chi connectivity index (χ2v) is 39.3. The van der Waals surface area contributed by atoms with Crippen molar-refractivity contribution in [1.82, 2.24) is 0 Å². The molecular weight excluding hydrogens is 1620 g/mol. The molecule has 634 valence electrons. The first kappa shape index (κ1) is 79.6. The molecule has 0 bridgehead atoms. The Labute approximate surface area is 787 Å². The lowest BCUT2D eigenvalue weighted by molar-refractivity contribution is 0.661. The predicted octanol–water partition coefficient (Wildman–Crippen LogP) is 37.5. The van der Waals surface area contributed by atoms with Crippen molar-refractivity contribution in [2.75, 3.05) is 0 Å². The molecule has 0 N–H and O–H groups in total. The van der Waals surface area contributed by atoms with Gasteiger partial charge in [-0.15, -0.1) is 0 Å². The van der Waals surface area contributed by atoms with Crippen LogP contribution in [-0.4, -0.2) is 0 Å². The van der Waals surface area contributed by atoms with Gasteiger partial charge in [-0.2, -0.15) is 0 Å². The Hall–Kier alpha value is -16.4. The van der Waals surface area contributed by atoms with E-state index in [1.807, 2.05) is 0 Å². The van der Waals surface area contributed by atoms with Crippen LogP contribution in [0.5, 0.6) is 0 Å². The van der Waals surface area contributed by atoms with Crippen molar-refractivity contribution in [3.63, 3.8) is 0 Å². The highest BCUT2D eigenvalue weighted by molar-refractivity contribution is 6.19. The van der Waals surface area contributed by atoms with Crippen LogP contribution in [0.1, 0.15) is 74.9 Å². The van der Waals surface area contributed by atoms with Crippen molar-refractivity contribution < 1.29 is 0 Å². The van der Waals surface area contributed by atoms with Crippen molar-refractivity contribution >= 4 is 129 Å². The molecule has 0 heterocycles. The zero-order chi connectivity index (χ0) is 90.1. The molecule has 25 aromatic rings. The number of hydrogen-bond donors (Lipinski definition) is 0. The first-order valence-electron chi connectivity index (χ1n) is 47.6. The summed E-state index contributed by atoms with van der Waals surface area (Å²) in [5, 5.41) is 31.0. The minimum atomic E-state index is -0.129. The summed E-state index contributed by atoms with van der Waals surface area (Å²) < 4.78 is 0. The van der Waals surface area contributed by atoms with E-state index in [9.17, 15) is 0 Å². The summed E-state index contributed by atoms with van der Waals surface area (Å²) in [6, 6.07) is 172. The second kappa shape index (κ2) is 30.9. The lowest BCUT2D eigenvalue weighted by Gasteiger charge is -2.23. The fraction of sp³-hybridized carbons (Fsp3) is 0.0667. The lowest BCUT2D eigenvalue weighted by Crippen LogP contribution is -2.15. The van der Waals surface area contributed by atoms with Gasteiger partial charge in [0.25, 0.3) is 0 Å². The average Bonchev–Trinajstić information content (AvgIpc) is 1.57. The summed E-state index contributed by atoms with van der Waals surface area (Å²) in [5.74, 6) is 0. The van der Waals surface area contributed by atoms with E-state index < -0.39 is 0 Å². The molecule has 0 spiro atoms. The summed E-state index contributed by atoms with van der Waals surface area (Å²) >= 11 is 0. The van der Waals surface area contributed by atoms with Gasteiger partial charge in [-0.25, -0.2) is 0 Å². The van der Waals surface area contributed by atoms with Crippen molar-refractivity contribution in [2.24, 2.45) is 0 Å². The first-order chi connectivity index (χ1) is 66.1. The van der Waals surface area contributed by atoms with Crippen molar-refractivity contribution in [3.8, 4) is 111 Å². The summed E-state index contributed by atoms with van der Waals surface area (Å²) in [4.78, 5) is 0. The molecule has 0 saturated carbocycles. The topological polar surface area (TPSA) is 0 Å². The van der Waals surface area contributed by atoms with E-state index in [-0.39, 0.29) is 16.2 Å². The number of benzene rings is 25. The maximum Gasteiger partial charge on any atom is 0.0159 e. The number of fused-ring (bicyclic) bond motifs is 26. The largest absolute Gasteiger partial charge is 0.0622 e. The summed E-state index contributed by atoms with van der Waals surface area (Å²) in [6.45, 7) is 14.4. The van der Waals surface area contributed by atoms with Gasteiger partial charge in [0.05, 0.1) is 0 Å². The summed E-state index contributed by atoms with van der Waals surface area (Å²) in [7, 11) is 0. The molecule has 0 nitrogen and oxygen atoms in total. The molecule has 0 aliphatic heterocycles. The fourth-order valence-electron chi connectivity index (χ4n) is 23.5. The number of hydrogen-bond acceptors (Lipinski definition) is 0. The maximum absolute atomic E-state index is 2.52. The van der Waals surface area contributed by atoms with Crippen LogP contribution in [0.25, 0.3) is 241 Å². The third-order valence-electron chi connectivity index (χ3n) is 30.6. The second-order valence-electron chi connectivity index (χ2n) is 39.3. The molecule has 0 radical (unpaired) electrons. The smallest absolute Gasteiger partial charge is 0.0159 e. The molecule has 0 saturated heterocycles. The maximum atomic E-state index is 2.52. The summed E-state index contributed by atoms with van der Waals surface area (Å²) in [5.41, 5.74) is 34.2. The predicted molar refractivity (Wildman–Crippen MR) is 580 cm³/mol. The Kier molecular flexibility index (Phi) is 18.2. The normalized spacial score (nSPS) is 13.4. The highest BCUT2D eigenvalue weighted by atomic mass is 14.4. The molecule has 0 unspecified atom stereocenters. The van der Waals surface area contributed by atoms with Crippen LogP contribution >= 0.6 is 0 Å². The lowest BCUT2D eigenvalue weighted by atomic mass is 9.80. The van der Waals surface area contributed by atoms with E-state index in [1.165, 1.54) is 274 Å². The Morgan fingerprint density at radius 2 is 0.370 bits per heavy atom. The van der Waals surface area contributed by atoms with Gasteiger partial charge < -0.3 is 0 Å². The molecule has 0 atom stereocenters. The third kappa shape index (κ3) is 12.9. The van der Waals surface area contributed by atoms with Gasteiger partial charge in [0.1, 0.15) is 0 Å². The minimum Gasteiger partial charge on any atom is -0.0622 e. The van der Waals surface area contributed by atoms with Gasteiger partial charge >= 0.3 is 0 Å². The number of rotatable bonds is 7. The van der Waals surface area contributed by atoms with Crippen LogP contribution in [0.3, 0.4) is 0 Å². The fourth-order valence-corrected chi connectivity index (χ4v) is 23.5. The van der Waals surface area contributed by atoms with Gasteiger partial charge in [-0.05, 0) is 365 Å². The van der Waals surface area contributed by atoms with E-state index in [1.54, 1.807) is 0 Å². The highest BCUT2D eigenvalue weighted by Gasteiger charge is 2.42. The Bertz CT molecular complexity index is 9320. The molecule has 3 aliphatic rings. The van der Waals surface area contributed by atoms with Gasteiger partial charge in [0.2, 0.25) is 0 Å². The van der Waals surface area contributed by atoms with E-state index >= 15 is 0 Å². The molecule has 0 aromatic heterocycles. The molecule has 0 amide bonds. The van der Waals surface area contributed by atoms with Crippen molar-refractivity contribution in [2.45, 2.75) is 57.8 Å². The van der Waals surface area contributed by atoms with Gasteiger partial charge in [-0.1, -0.05) is 412 Å². The van der Waals surface area contributed by atoms with Gasteiger partial charge in [0.15, 0.2) is 0 Å². The van der Waals surface area contributed by atoms with Crippen LogP contribution in [0.2, 0.25) is 0 Å². The molecule has 0 heteroatoms. The quantitative estimate of drug-likeness (QED) is 0.149. The van der Waals surface area contributed by atoms with Crippen LogP contribution in [0.4, 0.5) is 0 Å². The SMILES string of the molecule is CC1(C)c2cc3ccccc3cc2-c2c1cc(-c1ccc3cc(-c4ccc5ccccc5c4)ccc3c1)c1ccccc21.CC1(C)c2ccc3ccccc3c2-c2c1cc(-c1cc(-c3ccc4ccc(-c5ccccc5)cc4c3)cc3ccccc13)c1ccccc21.CC1(C)c2ccc3ccccc3c2-c2c1cc(-c1ccc3cc(-c4ccc5ccccc5c4)ccc3c1)c1ccccc21. The molecule has 28 rings (SSSR count). The first-order valence-corrected chi connectivity index (χ1v) is 47.6. The zero-order valence-electron chi connectivity index (χ0n) is 76.4. The van der Waals surface area contributed by atoms with E-state index in [2.05, 4.69) is 503 Å². The Morgan fingerprint density at radius 1 is 0.111 bits per heavy atom. The molecule has 135 heavy (non-hydrogen) atoms. The average molecular weight is 1720 g/mol. The minimum absolute atomic E-state index is 0.0842. The monoisotopic (exact) mass is 1710 g/mol. The van der Waals surface area contributed by atoms with E-state index in [0.717, 1.165) is 0 Å². The zero-order valence-corrected chi connectivity index (χ0v) is 76.4. The van der Waals surface area contributed by atoms with E-state index in [4.69, 9.17) is 0 Å². The van der Waals surface area contributed by atoms with Gasteiger partial charge in [0, 0.05) is 16.2 Å². The summed E-state index contributed by atoms with van der Waals surface area (Å²) in [6.07, 6.45) is 0.